The van der Waals surface area contributed by atoms with Crippen LogP contribution in [0.25, 0.3) is 62.0 Å². The first kappa shape index (κ1) is 43.1. The first-order valence-electron chi connectivity index (χ1n) is 25.2. The number of benzene rings is 8. The highest BCUT2D eigenvalue weighted by molar-refractivity contribution is 6.07. The summed E-state index contributed by atoms with van der Waals surface area (Å²) in [5.74, 6) is 1.09. The molecule has 0 heterocycles. The van der Waals surface area contributed by atoms with Gasteiger partial charge in [0, 0.05) is 34.7 Å². The molecule has 0 aromatic heterocycles. The van der Waals surface area contributed by atoms with Crippen molar-refractivity contribution in [3.05, 3.63) is 244 Å². The van der Waals surface area contributed by atoms with Crippen LogP contribution in [0.5, 0.6) is 0 Å². The minimum absolute atomic E-state index is 0.0267. The molecule has 12 rings (SSSR count). The highest BCUT2D eigenvalue weighted by atomic mass is 15.2. The minimum atomic E-state index is -0.176. The number of nitrogens with zero attached hydrogens (tertiary/aromatic N) is 1. The standard InChI is InChI=1S/C68H61N/c1-43-20-11-14-27-54(43)60-40-49-23-12-15-28-55(49)56-29-16-13-24-50(56)42-67(4,5)62(60)36-45(3)69(52-26-19-25-47(37-52)46-21-9-8-10-22-46)53-34-33-48-39-61-63(41-51(48)38-53)68(6,7)66-58-31-18-17-30-57(58)64-44(2)32-35-59(64)65(61)66/h8-39,41,44-45,50,56H,1,40,42H2,2-7H3/b60-54-,62-36+. The molecule has 0 bridgehead atoms. The van der Waals surface area contributed by atoms with Gasteiger partial charge < -0.3 is 4.90 Å². The van der Waals surface area contributed by atoms with Crippen molar-refractivity contribution in [1.82, 2.24) is 0 Å². The van der Waals surface area contributed by atoms with E-state index in [4.69, 9.17) is 0 Å². The molecule has 4 unspecified atom stereocenters. The molecular formula is C68H61N. The van der Waals surface area contributed by atoms with Gasteiger partial charge in [0.25, 0.3) is 0 Å². The van der Waals surface area contributed by atoms with Crippen molar-refractivity contribution < 1.29 is 0 Å². The van der Waals surface area contributed by atoms with E-state index in [2.05, 4.69) is 253 Å². The third-order valence-corrected chi connectivity index (χ3v) is 16.3. The van der Waals surface area contributed by atoms with Crippen molar-refractivity contribution >= 4 is 51.1 Å². The quantitative estimate of drug-likeness (QED) is 0.166. The lowest BCUT2D eigenvalue weighted by molar-refractivity contribution is 0.341. The van der Waals surface area contributed by atoms with Crippen LogP contribution < -0.4 is 15.3 Å². The second-order valence-electron chi connectivity index (χ2n) is 21.5. The Morgan fingerprint density at radius 2 is 1.39 bits per heavy atom. The Kier molecular flexibility index (Phi) is 10.3. The van der Waals surface area contributed by atoms with E-state index < -0.39 is 0 Å². The summed E-state index contributed by atoms with van der Waals surface area (Å²) in [7, 11) is 0. The normalized spacial score (nSPS) is 21.2. The minimum Gasteiger partial charge on any atom is -0.335 e. The molecule has 1 nitrogen and oxygen atoms in total. The molecule has 0 fully saturated rings. The predicted octanol–water partition coefficient (Wildman–Crippen LogP) is 16.3. The summed E-state index contributed by atoms with van der Waals surface area (Å²) in [5.41, 5.74) is 18.6. The summed E-state index contributed by atoms with van der Waals surface area (Å²) in [5, 5.41) is 7.62. The lowest BCUT2D eigenvalue weighted by atomic mass is 9.69. The van der Waals surface area contributed by atoms with Crippen LogP contribution in [0.1, 0.15) is 93.2 Å². The van der Waals surface area contributed by atoms with E-state index in [9.17, 15) is 0 Å². The van der Waals surface area contributed by atoms with Crippen molar-refractivity contribution in [3.63, 3.8) is 0 Å². The highest BCUT2D eigenvalue weighted by Gasteiger charge is 2.41. The summed E-state index contributed by atoms with van der Waals surface area (Å²) in [6.45, 7) is 19.3. The van der Waals surface area contributed by atoms with Crippen molar-refractivity contribution in [2.24, 2.45) is 11.3 Å². The van der Waals surface area contributed by atoms with E-state index in [1.165, 1.54) is 105 Å². The van der Waals surface area contributed by atoms with Crippen molar-refractivity contribution in [3.8, 4) is 22.3 Å². The lowest BCUT2D eigenvalue weighted by Crippen LogP contribution is -2.33. The molecule has 4 aliphatic carbocycles. The van der Waals surface area contributed by atoms with Crippen molar-refractivity contribution in [2.75, 3.05) is 4.90 Å². The van der Waals surface area contributed by atoms with Crippen LogP contribution in [0.15, 0.2) is 200 Å². The summed E-state index contributed by atoms with van der Waals surface area (Å²) in [6, 6.07) is 59.3. The van der Waals surface area contributed by atoms with Gasteiger partial charge in [0.05, 0.1) is 0 Å². The monoisotopic (exact) mass is 891 g/mol. The van der Waals surface area contributed by atoms with Crippen LogP contribution in [0.3, 0.4) is 0 Å². The maximum absolute atomic E-state index is 4.66. The van der Waals surface area contributed by atoms with E-state index in [1.54, 1.807) is 0 Å². The molecule has 0 N–H and O–H groups in total. The van der Waals surface area contributed by atoms with Gasteiger partial charge in [-0.1, -0.05) is 205 Å². The van der Waals surface area contributed by atoms with Crippen LogP contribution in [0, 0.1) is 11.3 Å². The molecule has 338 valence electrons. The molecule has 0 aliphatic heterocycles. The third kappa shape index (κ3) is 7.12. The van der Waals surface area contributed by atoms with Gasteiger partial charge in [-0.3, -0.25) is 0 Å². The average Bonchev–Trinajstić information content (AvgIpc) is 3.86. The van der Waals surface area contributed by atoms with E-state index in [0.717, 1.165) is 18.1 Å². The molecule has 0 amide bonds. The Morgan fingerprint density at radius 1 is 0.667 bits per heavy atom. The first-order chi connectivity index (χ1) is 33.5. The van der Waals surface area contributed by atoms with Crippen LogP contribution in [0.2, 0.25) is 0 Å². The second kappa shape index (κ2) is 16.5. The SMILES string of the molecule is C=c1cccc/c1=C1\Cc2ccccc2C2C=CC=CC2CC(C)(C)\C1=C\C(C)N(c1cccc(-c2ccccc2)c1)c1ccc2cc3c(cc2c1)C(C)(C)c1c-3c2c(c3ccccc13)C(C)C=C2. The van der Waals surface area contributed by atoms with Gasteiger partial charge in [-0.25, -0.2) is 0 Å². The van der Waals surface area contributed by atoms with Gasteiger partial charge >= 0.3 is 0 Å². The Hall–Kier alpha value is -7.22. The summed E-state index contributed by atoms with van der Waals surface area (Å²) in [4.78, 5) is 2.59. The van der Waals surface area contributed by atoms with Gasteiger partial charge in [0.15, 0.2) is 0 Å². The topological polar surface area (TPSA) is 3.24 Å². The van der Waals surface area contributed by atoms with E-state index in [-0.39, 0.29) is 16.9 Å². The summed E-state index contributed by atoms with van der Waals surface area (Å²) in [6.07, 6.45) is 18.7. The Balaban J connectivity index is 1.06. The molecule has 0 spiro atoms. The second-order valence-corrected chi connectivity index (χ2v) is 21.5. The zero-order valence-corrected chi connectivity index (χ0v) is 40.9. The number of fused-ring (bicyclic) bond motifs is 12. The van der Waals surface area contributed by atoms with Crippen molar-refractivity contribution in [2.45, 2.75) is 77.7 Å². The van der Waals surface area contributed by atoms with Gasteiger partial charge in [-0.2, -0.15) is 0 Å². The number of anilines is 2. The van der Waals surface area contributed by atoms with E-state index in [0.29, 0.717) is 17.8 Å². The van der Waals surface area contributed by atoms with Crippen LogP contribution in [-0.4, -0.2) is 6.04 Å². The fourth-order valence-electron chi connectivity index (χ4n) is 13.1. The smallest absolute Gasteiger partial charge is 0.0500 e. The van der Waals surface area contributed by atoms with Crippen LogP contribution in [0.4, 0.5) is 11.4 Å². The van der Waals surface area contributed by atoms with E-state index >= 15 is 0 Å². The Labute approximate surface area is 408 Å². The molecule has 8 aromatic carbocycles. The van der Waals surface area contributed by atoms with Crippen LogP contribution in [-0.2, 0) is 11.8 Å². The predicted molar refractivity (Wildman–Crippen MR) is 296 cm³/mol. The molecule has 0 saturated carbocycles. The largest absolute Gasteiger partial charge is 0.335 e. The molecule has 8 aromatic rings. The Morgan fingerprint density at radius 3 is 2.23 bits per heavy atom. The summed E-state index contributed by atoms with van der Waals surface area (Å²) >= 11 is 0. The number of rotatable bonds is 5. The van der Waals surface area contributed by atoms with Gasteiger partial charge in [0.2, 0.25) is 0 Å². The Bertz CT molecular complexity index is 3630. The molecule has 0 radical (unpaired) electrons. The zero-order valence-electron chi connectivity index (χ0n) is 40.9. The van der Waals surface area contributed by atoms with Gasteiger partial charge in [0.1, 0.15) is 0 Å². The van der Waals surface area contributed by atoms with E-state index in [1.807, 2.05) is 0 Å². The van der Waals surface area contributed by atoms with Crippen LogP contribution >= 0.6 is 0 Å². The number of hydrogen-bond acceptors (Lipinski definition) is 1. The third-order valence-electron chi connectivity index (χ3n) is 16.3. The number of allylic oxidation sites excluding steroid dienone is 6. The number of hydrogen-bond donors (Lipinski definition) is 0. The fourth-order valence-corrected chi connectivity index (χ4v) is 13.1. The molecule has 1 heteroatoms. The zero-order chi connectivity index (χ0) is 47.2. The fraction of sp³-hybridized carbons (Fsp3) is 0.206. The van der Waals surface area contributed by atoms with Gasteiger partial charge in [-0.05, 0) is 166 Å². The molecule has 4 atom stereocenters. The maximum atomic E-state index is 4.66. The first-order valence-corrected chi connectivity index (χ1v) is 25.2. The molecular weight excluding hydrogens is 831 g/mol. The molecule has 0 saturated heterocycles. The van der Waals surface area contributed by atoms with Crippen molar-refractivity contribution in [1.29, 1.82) is 0 Å². The average molecular weight is 892 g/mol. The highest BCUT2D eigenvalue weighted by Crippen LogP contribution is 2.57. The van der Waals surface area contributed by atoms with Gasteiger partial charge in [-0.15, -0.1) is 0 Å². The maximum Gasteiger partial charge on any atom is 0.0500 e. The molecule has 69 heavy (non-hydrogen) atoms. The lowest BCUT2D eigenvalue weighted by Gasteiger charge is -2.37. The molecule has 4 aliphatic rings. The summed E-state index contributed by atoms with van der Waals surface area (Å²) < 4.78 is 0.